The first-order chi connectivity index (χ1) is 12.7. The quantitative estimate of drug-likeness (QED) is 0.523. The van der Waals surface area contributed by atoms with Crippen LogP contribution < -0.4 is 4.90 Å². The molecule has 0 aromatic heterocycles. The number of carbonyl (C=O) groups excluding carboxylic acids is 2. The van der Waals surface area contributed by atoms with E-state index in [1.807, 2.05) is 36.4 Å². The standard InChI is InChI=1S/C22H16BrNO2/c23-17-9-10-18(14-4-2-1-3-13(14)17)24-21(25)19-15-7-8-16(20(19)22(24)26)12-6-5-11(12)15/h1-12,15-16,19-20H/t11?,12?,15?,16?,19-,20+. The van der Waals surface area contributed by atoms with Gasteiger partial charge in [-0.1, -0.05) is 64.5 Å². The number of amides is 2. The van der Waals surface area contributed by atoms with Crippen molar-refractivity contribution in [1.29, 1.82) is 0 Å². The third kappa shape index (κ3) is 1.64. The molecule has 1 saturated carbocycles. The third-order valence-corrected chi connectivity index (χ3v) is 7.45. The summed E-state index contributed by atoms with van der Waals surface area (Å²) < 4.78 is 0.970. The van der Waals surface area contributed by atoms with Gasteiger partial charge in [0.2, 0.25) is 11.8 Å². The van der Waals surface area contributed by atoms with Gasteiger partial charge in [0.25, 0.3) is 0 Å². The van der Waals surface area contributed by atoms with Crippen LogP contribution in [0.4, 0.5) is 5.69 Å². The molecule has 2 amide bonds. The van der Waals surface area contributed by atoms with Crippen molar-refractivity contribution < 1.29 is 9.59 Å². The molecule has 0 radical (unpaired) electrons. The number of hydrogen-bond donors (Lipinski definition) is 0. The molecule has 4 unspecified atom stereocenters. The van der Waals surface area contributed by atoms with E-state index in [1.165, 1.54) is 4.90 Å². The van der Waals surface area contributed by atoms with Gasteiger partial charge in [-0.05, 0) is 41.2 Å². The summed E-state index contributed by atoms with van der Waals surface area (Å²) in [7, 11) is 0. The van der Waals surface area contributed by atoms with Gasteiger partial charge in [-0.3, -0.25) is 9.59 Å². The monoisotopic (exact) mass is 405 g/mol. The Morgan fingerprint density at radius 2 is 1.23 bits per heavy atom. The van der Waals surface area contributed by atoms with Crippen LogP contribution in [0.25, 0.3) is 10.8 Å². The van der Waals surface area contributed by atoms with E-state index in [0.717, 1.165) is 15.2 Å². The number of rotatable bonds is 1. The summed E-state index contributed by atoms with van der Waals surface area (Å²) in [5, 5.41) is 1.95. The molecule has 4 aliphatic carbocycles. The molecule has 2 aromatic rings. The van der Waals surface area contributed by atoms with E-state index in [4.69, 9.17) is 0 Å². The van der Waals surface area contributed by atoms with Gasteiger partial charge in [0.1, 0.15) is 0 Å². The zero-order valence-corrected chi connectivity index (χ0v) is 15.5. The topological polar surface area (TPSA) is 37.4 Å². The molecule has 26 heavy (non-hydrogen) atoms. The zero-order chi connectivity index (χ0) is 17.6. The van der Waals surface area contributed by atoms with Gasteiger partial charge in [-0.2, -0.15) is 0 Å². The molecule has 2 bridgehead atoms. The van der Waals surface area contributed by atoms with Crippen LogP contribution in [0.2, 0.25) is 0 Å². The fourth-order valence-corrected chi connectivity index (χ4v) is 6.05. The summed E-state index contributed by atoms with van der Waals surface area (Å²) in [6.07, 6.45) is 8.81. The second-order valence-electron chi connectivity index (χ2n) is 7.75. The summed E-state index contributed by atoms with van der Waals surface area (Å²) in [6.45, 7) is 0. The highest BCUT2D eigenvalue weighted by Gasteiger charge is 2.63. The van der Waals surface area contributed by atoms with E-state index < -0.39 is 0 Å². The van der Waals surface area contributed by atoms with Crippen LogP contribution in [0, 0.1) is 35.5 Å². The number of allylic oxidation sites excluding steroid dienone is 4. The number of fused-ring (bicyclic) bond motifs is 1. The van der Waals surface area contributed by atoms with Crippen LogP contribution in [0.1, 0.15) is 0 Å². The maximum atomic E-state index is 13.4. The van der Waals surface area contributed by atoms with Crippen molar-refractivity contribution in [2.75, 3.05) is 4.90 Å². The lowest BCUT2D eigenvalue weighted by molar-refractivity contribution is -0.127. The minimum atomic E-state index is -0.203. The second kappa shape index (κ2) is 4.95. The molecule has 0 N–H and O–H groups in total. The molecule has 0 spiro atoms. The molecule has 1 saturated heterocycles. The molecule has 7 rings (SSSR count). The minimum absolute atomic E-state index is 0.0226. The van der Waals surface area contributed by atoms with Crippen molar-refractivity contribution in [3.63, 3.8) is 0 Å². The number of carbonyl (C=O) groups is 2. The lowest BCUT2D eigenvalue weighted by atomic mass is 9.50. The van der Waals surface area contributed by atoms with Crippen molar-refractivity contribution in [2.45, 2.75) is 0 Å². The molecule has 5 aliphatic rings. The van der Waals surface area contributed by atoms with Crippen molar-refractivity contribution in [2.24, 2.45) is 35.5 Å². The van der Waals surface area contributed by atoms with Gasteiger partial charge in [0.05, 0.1) is 17.5 Å². The Balaban J connectivity index is 1.51. The highest BCUT2D eigenvalue weighted by atomic mass is 79.9. The number of hydrogen-bond acceptors (Lipinski definition) is 2. The summed E-state index contributed by atoms with van der Waals surface area (Å²) in [5.74, 6) is 0.758. The van der Waals surface area contributed by atoms with Crippen molar-refractivity contribution in [3.8, 4) is 0 Å². The summed E-state index contributed by atoms with van der Waals surface area (Å²) in [6, 6.07) is 11.7. The normalized spacial score (nSPS) is 36.4. The number of imide groups is 1. The van der Waals surface area contributed by atoms with E-state index in [0.29, 0.717) is 17.5 Å². The Kier molecular flexibility index (Phi) is 2.84. The van der Waals surface area contributed by atoms with Crippen LogP contribution in [0.3, 0.4) is 0 Å². The molecule has 2 aromatic carbocycles. The maximum Gasteiger partial charge on any atom is 0.238 e. The predicted molar refractivity (Wildman–Crippen MR) is 103 cm³/mol. The van der Waals surface area contributed by atoms with E-state index in [-0.39, 0.29) is 35.5 Å². The predicted octanol–water partition coefficient (Wildman–Crippen LogP) is 4.33. The third-order valence-electron chi connectivity index (χ3n) is 6.76. The molecule has 2 fully saturated rings. The van der Waals surface area contributed by atoms with Crippen LogP contribution in [0.15, 0.2) is 65.2 Å². The average molecular weight is 406 g/mol. The van der Waals surface area contributed by atoms with Crippen molar-refractivity contribution in [1.82, 2.24) is 0 Å². The van der Waals surface area contributed by atoms with Crippen LogP contribution in [-0.4, -0.2) is 11.8 Å². The highest BCUT2D eigenvalue weighted by molar-refractivity contribution is 9.10. The Labute approximate surface area is 159 Å². The maximum absolute atomic E-state index is 13.4. The number of halogens is 1. The average Bonchev–Trinajstić information content (AvgIpc) is 2.88. The smallest absolute Gasteiger partial charge is 0.238 e. The Hall–Kier alpha value is -2.20. The SMILES string of the molecule is O=C1[C@@H]2C3C=CC(C4C=CC43)[C@@H]2C(=O)N1c1ccc(Br)c2ccccc12. The van der Waals surface area contributed by atoms with E-state index in [2.05, 4.69) is 40.2 Å². The van der Waals surface area contributed by atoms with Gasteiger partial charge in [-0.15, -0.1) is 0 Å². The Morgan fingerprint density at radius 3 is 1.81 bits per heavy atom. The van der Waals surface area contributed by atoms with Gasteiger partial charge in [0, 0.05) is 9.86 Å². The first-order valence-corrected chi connectivity index (χ1v) is 9.88. The van der Waals surface area contributed by atoms with Crippen molar-refractivity contribution >= 4 is 44.2 Å². The first kappa shape index (κ1) is 14.9. The molecule has 3 nitrogen and oxygen atoms in total. The number of anilines is 1. The first-order valence-electron chi connectivity index (χ1n) is 9.08. The molecule has 1 heterocycles. The molecule has 6 atom stereocenters. The number of nitrogens with zero attached hydrogens (tertiary/aromatic N) is 1. The minimum Gasteiger partial charge on any atom is -0.274 e. The van der Waals surface area contributed by atoms with Gasteiger partial charge in [-0.25, -0.2) is 4.90 Å². The van der Waals surface area contributed by atoms with Crippen LogP contribution in [0.5, 0.6) is 0 Å². The zero-order valence-electron chi connectivity index (χ0n) is 13.9. The molecule has 1 aliphatic heterocycles. The van der Waals surface area contributed by atoms with Gasteiger partial charge < -0.3 is 0 Å². The van der Waals surface area contributed by atoms with Crippen LogP contribution >= 0.6 is 15.9 Å². The summed E-state index contributed by atoms with van der Waals surface area (Å²) in [5.41, 5.74) is 0.716. The number of benzene rings is 2. The van der Waals surface area contributed by atoms with Gasteiger partial charge in [0.15, 0.2) is 0 Å². The Morgan fingerprint density at radius 1 is 0.692 bits per heavy atom. The van der Waals surface area contributed by atoms with E-state index in [9.17, 15) is 9.59 Å². The lowest BCUT2D eigenvalue weighted by Gasteiger charge is -2.51. The summed E-state index contributed by atoms with van der Waals surface area (Å²) >= 11 is 3.58. The summed E-state index contributed by atoms with van der Waals surface area (Å²) in [4.78, 5) is 28.2. The molecular formula is C22H16BrNO2. The largest absolute Gasteiger partial charge is 0.274 e. The van der Waals surface area contributed by atoms with Crippen molar-refractivity contribution in [3.05, 3.63) is 65.2 Å². The lowest BCUT2D eigenvalue weighted by Crippen LogP contribution is -2.50. The molecule has 4 heteroatoms. The fraction of sp³-hybridized carbons (Fsp3) is 0.273. The van der Waals surface area contributed by atoms with Crippen LogP contribution in [-0.2, 0) is 9.59 Å². The molecule has 128 valence electrons. The highest BCUT2D eigenvalue weighted by Crippen LogP contribution is 2.59. The van der Waals surface area contributed by atoms with Gasteiger partial charge >= 0.3 is 0 Å². The van der Waals surface area contributed by atoms with E-state index in [1.54, 1.807) is 0 Å². The second-order valence-corrected chi connectivity index (χ2v) is 8.61. The molecular weight excluding hydrogens is 390 g/mol. The van der Waals surface area contributed by atoms with E-state index >= 15 is 0 Å². The Bertz CT molecular complexity index is 1020. The fourth-order valence-electron chi connectivity index (χ4n) is 5.57.